The van der Waals surface area contributed by atoms with E-state index in [1.165, 1.54) is 22.2 Å². The summed E-state index contributed by atoms with van der Waals surface area (Å²) in [7, 11) is 1.62. The van der Waals surface area contributed by atoms with E-state index in [0.29, 0.717) is 24.9 Å². The number of fused-ring (bicyclic) bond motifs is 3. The summed E-state index contributed by atoms with van der Waals surface area (Å²) in [5.74, 6) is 0.269. The highest BCUT2D eigenvalue weighted by Crippen LogP contribution is 2.34. The van der Waals surface area contributed by atoms with Crippen LogP contribution in [0.15, 0.2) is 28.7 Å². The fourth-order valence-corrected chi connectivity index (χ4v) is 6.62. The van der Waals surface area contributed by atoms with Gasteiger partial charge in [0.25, 0.3) is 5.56 Å². The van der Waals surface area contributed by atoms with Crippen LogP contribution in [0.4, 0.5) is 0 Å². The highest BCUT2D eigenvalue weighted by atomic mass is 32.2. The van der Waals surface area contributed by atoms with E-state index in [0.717, 1.165) is 52.9 Å². The third-order valence-electron chi connectivity index (χ3n) is 6.08. The minimum absolute atomic E-state index is 0.00874. The molecule has 0 bridgehead atoms. The molecular weight excluding hydrogens is 442 g/mol. The number of aromatic nitrogens is 3. The van der Waals surface area contributed by atoms with Gasteiger partial charge >= 0.3 is 0 Å². The van der Waals surface area contributed by atoms with Crippen LogP contribution in [-0.2, 0) is 30.7 Å². The van der Waals surface area contributed by atoms with Gasteiger partial charge in [-0.1, -0.05) is 17.8 Å². The maximum atomic E-state index is 13.4. The summed E-state index contributed by atoms with van der Waals surface area (Å²) in [6.07, 6.45) is 6.08. The van der Waals surface area contributed by atoms with Gasteiger partial charge in [-0.2, -0.15) is 0 Å². The Morgan fingerprint density at radius 2 is 2.09 bits per heavy atom. The molecule has 32 heavy (non-hydrogen) atoms. The number of carbonyl (C=O) groups excluding carboxylic acids is 1. The molecule has 4 rings (SSSR count). The Hall–Kier alpha value is -2.16. The average molecular weight is 472 g/mol. The first-order valence-corrected chi connectivity index (χ1v) is 12.7. The second-order valence-corrected chi connectivity index (χ2v) is 10.2. The Balaban J connectivity index is 1.66. The molecule has 0 aliphatic heterocycles. The van der Waals surface area contributed by atoms with Crippen LogP contribution in [0.1, 0.15) is 45.0 Å². The number of allylic oxidation sites excluding steroid dienone is 1. The van der Waals surface area contributed by atoms with E-state index in [-0.39, 0.29) is 17.1 Å². The lowest BCUT2D eigenvalue weighted by atomic mass is 9.97. The van der Waals surface area contributed by atoms with Gasteiger partial charge in [-0.25, -0.2) is 4.98 Å². The summed E-state index contributed by atoms with van der Waals surface area (Å²) < 4.78 is 9.01. The molecule has 3 aromatic heterocycles. The van der Waals surface area contributed by atoms with Gasteiger partial charge < -0.3 is 9.30 Å². The van der Waals surface area contributed by atoms with Crippen molar-refractivity contribution in [2.24, 2.45) is 0 Å². The highest BCUT2D eigenvalue weighted by molar-refractivity contribution is 7.99. The Morgan fingerprint density at radius 1 is 1.31 bits per heavy atom. The summed E-state index contributed by atoms with van der Waals surface area (Å²) in [6.45, 7) is 9.28. The summed E-state index contributed by atoms with van der Waals surface area (Å²) in [5, 5.41) is 1.36. The smallest absolute Gasteiger partial charge is 0.263 e. The Bertz CT molecular complexity index is 1240. The minimum Gasteiger partial charge on any atom is -0.383 e. The molecular formula is C24H29N3O3S2. The standard InChI is InChI=1S/C24H29N3O3S2/c1-5-10-26-15(2)13-18(16(26)3)19(28)14-31-24-25-22-21(23(29)27(24)11-12-30-4)17-8-6-7-9-20(17)32-22/h5,13H,1,6-12,14H2,2-4H3. The van der Waals surface area contributed by atoms with E-state index in [9.17, 15) is 9.59 Å². The van der Waals surface area contributed by atoms with Crippen LogP contribution in [0.2, 0.25) is 0 Å². The lowest BCUT2D eigenvalue weighted by molar-refractivity contribution is 0.102. The van der Waals surface area contributed by atoms with Crippen LogP contribution in [0.5, 0.6) is 0 Å². The molecule has 3 heterocycles. The number of ether oxygens (including phenoxy) is 1. The molecule has 1 aliphatic carbocycles. The topological polar surface area (TPSA) is 66.1 Å². The maximum Gasteiger partial charge on any atom is 0.263 e. The van der Waals surface area contributed by atoms with Crippen molar-refractivity contribution in [2.75, 3.05) is 19.5 Å². The second kappa shape index (κ2) is 9.77. The van der Waals surface area contributed by atoms with E-state index < -0.39 is 0 Å². The molecule has 6 nitrogen and oxygen atoms in total. The predicted octanol–water partition coefficient (Wildman–Crippen LogP) is 4.56. The first-order chi connectivity index (χ1) is 15.5. The number of ketones is 1. The molecule has 0 unspecified atom stereocenters. The van der Waals surface area contributed by atoms with Crippen molar-refractivity contribution in [1.29, 1.82) is 0 Å². The minimum atomic E-state index is -0.00874. The maximum absolute atomic E-state index is 13.4. The van der Waals surface area contributed by atoms with Crippen molar-refractivity contribution in [2.45, 2.75) is 57.8 Å². The summed E-state index contributed by atoms with van der Waals surface area (Å²) in [6, 6.07) is 1.93. The first-order valence-electron chi connectivity index (χ1n) is 10.9. The van der Waals surface area contributed by atoms with Gasteiger partial charge in [0, 0.05) is 35.5 Å². The van der Waals surface area contributed by atoms with Crippen molar-refractivity contribution in [3.63, 3.8) is 0 Å². The number of methoxy groups -OCH3 is 1. The van der Waals surface area contributed by atoms with Crippen LogP contribution < -0.4 is 5.56 Å². The molecule has 8 heteroatoms. The molecule has 0 radical (unpaired) electrons. The fourth-order valence-electron chi connectivity index (χ4n) is 4.41. The molecule has 0 saturated carbocycles. The monoisotopic (exact) mass is 471 g/mol. The van der Waals surface area contributed by atoms with E-state index >= 15 is 0 Å². The van der Waals surface area contributed by atoms with Gasteiger partial charge in [0.2, 0.25) is 0 Å². The third kappa shape index (κ3) is 4.23. The van der Waals surface area contributed by atoms with Crippen molar-refractivity contribution >= 4 is 39.1 Å². The zero-order valence-electron chi connectivity index (χ0n) is 18.9. The molecule has 0 amide bonds. The summed E-state index contributed by atoms with van der Waals surface area (Å²) >= 11 is 2.97. The third-order valence-corrected chi connectivity index (χ3v) is 8.24. The number of carbonyl (C=O) groups is 1. The average Bonchev–Trinajstić information content (AvgIpc) is 3.29. The molecule has 0 spiro atoms. The molecule has 0 aromatic carbocycles. The zero-order valence-corrected chi connectivity index (χ0v) is 20.5. The number of Topliss-reactive ketones (excluding diaryl/α,β-unsaturated/α-hetero) is 1. The Morgan fingerprint density at radius 3 is 2.84 bits per heavy atom. The number of hydrogen-bond donors (Lipinski definition) is 0. The van der Waals surface area contributed by atoms with Crippen molar-refractivity contribution in [3.05, 3.63) is 56.5 Å². The number of hydrogen-bond acceptors (Lipinski definition) is 6. The molecule has 0 N–H and O–H groups in total. The van der Waals surface area contributed by atoms with Crippen LogP contribution in [-0.4, -0.2) is 39.4 Å². The Kier molecular flexibility index (Phi) is 7.02. The SMILES string of the molecule is C=CCn1c(C)cc(C(=O)CSc2nc3sc4c(c3c(=O)n2CCOC)CCCC4)c1C. The number of thioether (sulfide) groups is 1. The number of rotatable bonds is 9. The van der Waals surface area contributed by atoms with Crippen LogP contribution in [0, 0.1) is 13.8 Å². The largest absolute Gasteiger partial charge is 0.383 e. The molecule has 0 fully saturated rings. The zero-order chi connectivity index (χ0) is 22.8. The van der Waals surface area contributed by atoms with E-state index in [4.69, 9.17) is 9.72 Å². The normalized spacial score (nSPS) is 13.5. The van der Waals surface area contributed by atoms with Gasteiger partial charge in [-0.05, 0) is 51.2 Å². The fraction of sp³-hybridized carbons (Fsp3) is 0.458. The lowest BCUT2D eigenvalue weighted by Crippen LogP contribution is -2.26. The van der Waals surface area contributed by atoms with Gasteiger partial charge in [-0.3, -0.25) is 14.2 Å². The van der Waals surface area contributed by atoms with Crippen molar-refractivity contribution in [1.82, 2.24) is 14.1 Å². The van der Waals surface area contributed by atoms with Crippen LogP contribution in [0.3, 0.4) is 0 Å². The molecule has 0 atom stereocenters. The molecule has 1 aliphatic rings. The summed E-state index contributed by atoms with van der Waals surface area (Å²) in [5.41, 5.74) is 3.87. The van der Waals surface area contributed by atoms with Gasteiger partial charge in [0.05, 0.1) is 24.3 Å². The van der Waals surface area contributed by atoms with Gasteiger partial charge in [0.1, 0.15) is 4.83 Å². The molecule has 3 aromatic rings. The van der Waals surface area contributed by atoms with Crippen LogP contribution in [0.25, 0.3) is 10.2 Å². The van der Waals surface area contributed by atoms with Crippen LogP contribution >= 0.6 is 23.1 Å². The highest BCUT2D eigenvalue weighted by Gasteiger charge is 2.23. The van der Waals surface area contributed by atoms with E-state index in [1.807, 2.05) is 26.0 Å². The van der Waals surface area contributed by atoms with Crippen molar-refractivity contribution in [3.8, 4) is 0 Å². The first kappa shape index (κ1) is 23.0. The molecule has 170 valence electrons. The number of nitrogens with zero attached hydrogens (tertiary/aromatic N) is 3. The number of aryl methyl sites for hydroxylation is 3. The predicted molar refractivity (Wildman–Crippen MR) is 132 cm³/mol. The quantitative estimate of drug-likeness (QED) is 0.198. The van der Waals surface area contributed by atoms with E-state index in [2.05, 4.69) is 11.1 Å². The second-order valence-electron chi connectivity index (χ2n) is 8.13. The lowest BCUT2D eigenvalue weighted by Gasteiger charge is -2.13. The number of thiophene rings is 1. The Labute approximate surface area is 196 Å². The molecule has 0 saturated heterocycles. The van der Waals surface area contributed by atoms with E-state index in [1.54, 1.807) is 23.0 Å². The van der Waals surface area contributed by atoms with Crippen molar-refractivity contribution < 1.29 is 9.53 Å². The van der Waals surface area contributed by atoms with Gasteiger partial charge in [-0.15, -0.1) is 17.9 Å². The summed E-state index contributed by atoms with van der Waals surface area (Å²) in [4.78, 5) is 33.4. The van der Waals surface area contributed by atoms with Gasteiger partial charge in [0.15, 0.2) is 10.9 Å².